The van der Waals surface area contributed by atoms with Gasteiger partial charge in [0.25, 0.3) is 10.0 Å². The number of hydrogen-bond donors (Lipinski definition) is 1. The van der Waals surface area contributed by atoms with Gasteiger partial charge in [-0.1, -0.05) is 72.9 Å². The Balaban J connectivity index is 2.01. The van der Waals surface area contributed by atoms with E-state index in [0.717, 1.165) is 22.7 Å². The average molecular weight is 591 g/mol. The van der Waals surface area contributed by atoms with Crippen LogP contribution in [0, 0.1) is 6.92 Å². The monoisotopic (exact) mass is 589 g/mol. The average Bonchev–Trinajstić information content (AvgIpc) is 2.91. The number of sulfonamides is 1. The van der Waals surface area contributed by atoms with Crippen molar-refractivity contribution in [3.63, 3.8) is 0 Å². The van der Waals surface area contributed by atoms with Gasteiger partial charge in [0.05, 0.1) is 10.6 Å². The zero-order valence-corrected chi connectivity index (χ0v) is 24.6. The lowest BCUT2D eigenvalue weighted by Crippen LogP contribution is -2.51. The Kier molecular flexibility index (Phi) is 10.8. The number of carbonyl (C=O) groups excluding carboxylic acids is 2. The van der Waals surface area contributed by atoms with Crippen molar-refractivity contribution in [1.82, 2.24) is 10.2 Å². The molecule has 3 rings (SSSR count). The molecule has 1 N–H and O–H groups in total. The van der Waals surface area contributed by atoms with Crippen LogP contribution in [0.2, 0.25) is 10.0 Å². The van der Waals surface area contributed by atoms with Crippen molar-refractivity contribution in [3.8, 4) is 0 Å². The minimum atomic E-state index is -4.11. The highest BCUT2D eigenvalue weighted by atomic mass is 35.5. The molecule has 39 heavy (non-hydrogen) atoms. The van der Waals surface area contributed by atoms with E-state index in [2.05, 4.69) is 5.32 Å². The van der Waals surface area contributed by atoms with Crippen LogP contribution in [0.15, 0.2) is 77.7 Å². The fourth-order valence-corrected chi connectivity index (χ4v) is 5.88. The third-order valence-corrected chi connectivity index (χ3v) is 8.63. The Hall–Kier alpha value is -3.07. The number of anilines is 1. The van der Waals surface area contributed by atoms with E-state index in [-0.39, 0.29) is 17.3 Å². The maximum Gasteiger partial charge on any atom is 0.264 e. The standard InChI is InChI=1S/C29H33Cl2N3O4S/c1-4-5-16-32-29(36)22(3)33(19-23-14-15-24(30)18-27(23)31)28(35)20-34(25-11-9-10-21(2)17-25)39(37,38)26-12-7-6-8-13-26/h6-15,17-18,22H,4-5,16,19-20H2,1-3H3,(H,32,36)/t22-/m0/s1. The molecule has 0 aromatic heterocycles. The number of carbonyl (C=O) groups is 2. The van der Waals surface area contributed by atoms with E-state index < -0.39 is 28.5 Å². The molecule has 0 aliphatic heterocycles. The third kappa shape index (κ3) is 7.97. The van der Waals surface area contributed by atoms with Crippen LogP contribution in [-0.2, 0) is 26.2 Å². The maximum atomic E-state index is 13.9. The molecule has 10 heteroatoms. The molecular formula is C29H33Cl2N3O4S. The van der Waals surface area contributed by atoms with Crippen LogP contribution >= 0.6 is 23.2 Å². The molecule has 208 valence electrons. The number of rotatable bonds is 12. The van der Waals surface area contributed by atoms with Crippen molar-refractivity contribution in [2.45, 2.75) is 51.1 Å². The van der Waals surface area contributed by atoms with E-state index in [1.54, 1.807) is 61.5 Å². The van der Waals surface area contributed by atoms with Crippen LogP contribution in [0.1, 0.15) is 37.8 Å². The normalized spacial score (nSPS) is 12.0. The quantitative estimate of drug-likeness (QED) is 0.269. The summed E-state index contributed by atoms with van der Waals surface area (Å²) in [5.74, 6) is -0.893. The molecule has 0 aliphatic carbocycles. The SMILES string of the molecule is CCCCNC(=O)[C@H](C)N(Cc1ccc(Cl)cc1Cl)C(=O)CN(c1cccc(C)c1)S(=O)(=O)c1ccccc1. The van der Waals surface area contributed by atoms with Gasteiger partial charge in [-0.2, -0.15) is 0 Å². The van der Waals surface area contributed by atoms with Crippen LogP contribution in [0.3, 0.4) is 0 Å². The Bertz CT molecular complexity index is 1400. The number of benzene rings is 3. The summed E-state index contributed by atoms with van der Waals surface area (Å²) >= 11 is 12.5. The van der Waals surface area contributed by atoms with Crippen LogP contribution in [0.4, 0.5) is 5.69 Å². The second-order valence-corrected chi connectivity index (χ2v) is 11.9. The van der Waals surface area contributed by atoms with Crippen molar-refractivity contribution in [1.29, 1.82) is 0 Å². The maximum absolute atomic E-state index is 13.9. The first kappa shape index (κ1) is 30.5. The fraction of sp³-hybridized carbons (Fsp3) is 0.310. The van der Waals surface area contributed by atoms with E-state index in [1.165, 1.54) is 17.0 Å². The Morgan fingerprint density at radius 3 is 2.33 bits per heavy atom. The van der Waals surface area contributed by atoms with Crippen molar-refractivity contribution >= 4 is 50.7 Å². The first-order chi connectivity index (χ1) is 18.5. The van der Waals surface area contributed by atoms with Gasteiger partial charge in [0.2, 0.25) is 11.8 Å². The Labute approximate surface area is 240 Å². The van der Waals surface area contributed by atoms with Gasteiger partial charge in [0.15, 0.2) is 0 Å². The highest BCUT2D eigenvalue weighted by Gasteiger charge is 2.32. The van der Waals surface area contributed by atoms with E-state index in [1.807, 2.05) is 19.9 Å². The molecule has 3 aromatic rings. The minimum Gasteiger partial charge on any atom is -0.354 e. The molecule has 0 spiro atoms. The van der Waals surface area contributed by atoms with Crippen LogP contribution in [0.5, 0.6) is 0 Å². The largest absolute Gasteiger partial charge is 0.354 e. The summed E-state index contributed by atoms with van der Waals surface area (Å²) in [5, 5.41) is 3.63. The molecule has 0 aliphatic rings. The molecule has 0 fully saturated rings. The lowest BCUT2D eigenvalue weighted by atomic mass is 10.1. The topological polar surface area (TPSA) is 86.8 Å². The number of nitrogens with one attached hydrogen (secondary N) is 1. The lowest BCUT2D eigenvalue weighted by Gasteiger charge is -2.32. The van der Waals surface area contributed by atoms with Gasteiger partial charge < -0.3 is 10.2 Å². The summed E-state index contributed by atoms with van der Waals surface area (Å²) in [5.41, 5.74) is 1.76. The van der Waals surface area contributed by atoms with Gasteiger partial charge >= 0.3 is 0 Å². The number of unbranched alkanes of at least 4 members (excludes halogenated alkanes) is 1. The summed E-state index contributed by atoms with van der Waals surface area (Å²) < 4.78 is 28.6. The molecular weight excluding hydrogens is 557 g/mol. The molecule has 0 radical (unpaired) electrons. The van der Waals surface area contributed by atoms with Crippen LogP contribution < -0.4 is 9.62 Å². The molecule has 1 atom stereocenters. The van der Waals surface area contributed by atoms with Gasteiger partial charge in [-0.3, -0.25) is 13.9 Å². The molecule has 2 amide bonds. The van der Waals surface area contributed by atoms with Crippen molar-refractivity contribution in [2.24, 2.45) is 0 Å². The Morgan fingerprint density at radius 1 is 0.974 bits per heavy atom. The predicted molar refractivity (Wildman–Crippen MR) is 157 cm³/mol. The summed E-state index contributed by atoms with van der Waals surface area (Å²) in [7, 11) is -4.11. The first-order valence-corrected chi connectivity index (χ1v) is 14.9. The van der Waals surface area contributed by atoms with E-state index >= 15 is 0 Å². The number of aryl methyl sites for hydroxylation is 1. The molecule has 3 aromatic carbocycles. The van der Waals surface area contributed by atoms with E-state index in [9.17, 15) is 18.0 Å². The van der Waals surface area contributed by atoms with Crippen molar-refractivity contribution in [3.05, 3.63) is 94.0 Å². The van der Waals surface area contributed by atoms with Gasteiger partial charge in [0.1, 0.15) is 12.6 Å². The number of amides is 2. The van der Waals surface area contributed by atoms with Crippen LogP contribution in [0.25, 0.3) is 0 Å². The molecule has 7 nitrogen and oxygen atoms in total. The van der Waals surface area contributed by atoms with Gasteiger partial charge in [-0.25, -0.2) is 8.42 Å². The Morgan fingerprint density at radius 2 is 1.69 bits per heavy atom. The second kappa shape index (κ2) is 13.8. The number of halogens is 2. The van der Waals surface area contributed by atoms with Crippen molar-refractivity contribution in [2.75, 3.05) is 17.4 Å². The van der Waals surface area contributed by atoms with Gasteiger partial charge in [-0.15, -0.1) is 0 Å². The summed E-state index contributed by atoms with van der Waals surface area (Å²) in [6, 6.07) is 18.9. The van der Waals surface area contributed by atoms with Gasteiger partial charge in [0, 0.05) is 23.1 Å². The summed E-state index contributed by atoms with van der Waals surface area (Å²) in [6.07, 6.45) is 1.70. The number of nitrogens with zero attached hydrogens (tertiary/aromatic N) is 2. The predicted octanol–water partition coefficient (Wildman–Crippen LogP) is 5.83. The molecule has 0 unspecified atom stereocenters. The van der Waals surface area contributed by atoms with E-state index in [0.29, 0.717) is 27.8 Å². The molecule has 0 saturated heterocycles. The zero-order valence-electron chi connectivity index (χ0n) is 22.2. The fourth-order valence-electron chi connectivity index (χ4n) is 3.98. The summed E-state index contributed by atoms with van der Waals surface area (Å²) in [6.45, 7) is 5.42. The second-order valence-electron chi connectivity index (χ2n) is 9.24. The molecule has 0 bridgehead atoms. The minimum absolute atomic E-state index is 0.00968. The lowest BCUT2D eigenvalue weighted by molar-refractivity contribution is -0.139. The van der Waals surface area contributed by atoms with Crippen molar-refractivity contribution < 1.29 is 18.0 Å². The van der Waals surface area contributed by atoms with Crippen LogP contribution in [-0.4, -0.2) is 44.3 Å². The molecule has 0 saturated carbocycles. The third-order valence-electron chi connectivity index (χ3n) is 6.25. The number of hydrogen-bond acceptors (Lipinski definition) is 4. The summed E-state index contributed by atoms with van der Waals surface area (Å²) in [4.78, 5) is 28.3. The molecule has 0 heterocycles. The first-order valence-electron chi connectivity index (χ1n) is 12.7. The van der Waals surface area contributed by atoms with E-state index in [4.69, 9.17) is 23.2 Å². The zero-order chi connectivity index (χ0) is 28.6. The highest BCUT2D eigenvalue weighted by Crippen LogP contribution is 2.27. The smallest absolute Gasteiger partial charge is 0.264 e. The highest BCUT2D eigenvalue weighted by molar-refractivity contribution is 7.92. The van der Waals surface area contributed by atoms with Gasteiger partial charge in [-0.05, 0) is 67.8 Å².